The topological polar surface area (TPSA) is 54.4 Å². The Morgan fingerprint density at radius 2 is 1.40 bits per heavy atom. The first-order chi connectivity index (χ1) is 9.39. The van der Waals surface area contributed by atoms with Crippen molar-refractivity contribution in [1.29, 1.82) is 0 Å². The highest BCUT2D eigenvalue weighted by Crippen LogP contribution is 2.25. The minimum atomic E-state index is -3.26. The van der Waals surface area contributed by atoms with Crippen LogP contribution in [0.1, 0.15) is 18.6 Å². The first kappa shape index (κ1) is 14.8. The zero-order chi connectivity index (χ0) is 14.8. The molecule has 0 heterocycles. The molecule has 0 aliphatic rings. The molecular weight excluding hydrogens is 272 g/mol. The fourth-order valence-corrected chi connectivity index (χ4v) is 2.63. The van der Waals surface area contributed by atoms with Gasteiger partial charge in [-0.15, -0.1) is 0 Å². The molecule has 0 aliphatic heterocycles. The van der Waals surface area contributed by atoms with E-state index in [1.54, 1.807) is 12.1 Å². The summed E-state index contributed by atoms with van der Waals surface area (Å²) in [5, 5.41) is 9.29. The maximum Gasteiger partial charge on any atom is 0.152 e. The van der Waals surface area contributed by atoms with Gasteiger partial charge in [-0.1, -0.05) is 54.6 Å². The summed E-state index contributed by atoms with van der Waals surface area (Å²) >= 11 is 0. The Hall–Kier alpha value is -1.65. The van der Waals surface area contributed by atoms with Gasteiger partial charge in [0.2, 0.25) is 0 Å². The molecular formula is C16H18O3S. The lowest BCUT2D eigenvalue weighted by atomic mass is 10.0. The van der Waals surface area contributed by atoms with Crippen molar-refractivity contribution >= 4 is 9.84 Å². The van der Waals surface area contributed by atoms with Gasteiger partial charge in [0.05, 0.1) is 11.4 Å². The number of hydrogen-bond acceptors (Lipinski definition) is 3. The van der Waals surface area contributed by atoms with Crippen molar-refractivity contribution in [2.75, 3.05) is 6.26 Å². The van der Waals surface area contributed by atoms with E-state index < -0.39 is 21.2 Å². The predicted molar refractivity (Wildman–Crippen MR) is 81.1 cm³/mol. The standard InChI is InChI=1S/C16H18O3S/c1-12(20(2,18)19)16(17)15-10-8-14(9-11-15)13-6-4-3-5-7-13/h3-12,16-17H,1-2H3/t12-,16-/m0/s1. The molecule has 0 unspecified atom stereocenters. The van der Waals surface area contributed by atoms with Crippen LogP contribution in [0.4, 0.5) is 0 Å². The van der Waals surface area contributed by atoms with E-state index in [1.165, 1.54) is 6.92 Å². The molecule has 0 aromatic heterocycles. The van der Waals surface area contributed by atoms with Gasteiger partial charge in [-0.25, -0.2) is 8.42 Å². The van der Waals surface area contributed by atoms with Gasteiger partial charge < -0.3 is 5.11 Å². The molecule has 106 valence electrons. The predicted octanol–water partition coefficient (Wildman–Crippen LogP) is 2.82. The molecule has 0 aliphatic carbocycles. The van der Waals surface area contributed by atoms with Crippen LogP contribution in [-0.4, -0.2) is 25.0 Å². The van der Waals surface area contributed by atoms with Gasteiger partial charge in [0.15, 0.2) is 9.84 Å². The summed E-state index contributed by atoms with van der Waals surface area (Å²) in [7, 11) is -3.26. The Morgan fingerprint density at radius 1 is 0.900 bits per heavy atom. The summed E-state index contributed by atoms with van der Waals surface area (Å²) in [5.74, 6) is 0. The SMILES string of the molecule is C[C@@H]([C@H](O)c1ccc(-c2ccccc2)cc1)S(C)(=O)=O. The molecule has 0 saturated heterocycles. The highest BCUT2D eigenvalue weighted by molar-refractivity contribution is 7.91. The lowest BCUT2D eigenvalue weighted by Crippen LogP contribution is -2.24. The second-order valence-corrected chi connectivity index (χ2v) is 7.37. The molecule has 4 heteroatoms. The smallest absolute Gasteiger partial charge is 0.152 e. The summed E-state index contributed by atoms with van der Waals surface area (Å²) in [6, 6.07) is 17.2. The van der Waals surface area contributed by atoms with E-state index in [0.29, 0.717) is 5.56 Å². The van der Waals surface area contributed by atoms with E-state index in [1.807, 2.05) is 42.5 Å². The molecule has 2 atom stereocenters. The summed E-state index contributed by atoms with van der Waals surface area (Å²) in [6.45, 7) is 1.52. The van der Waals surface area contributed by atoms with Gasteiger partial charge in [-0.05, 0) is 23.6 Å². The van der Waals surface area contributed by atoms with Crippen molar-refractivity contribution < 1.29 is 13.5 Å². The zero-order valence-corrected chi connectivity index (χ0v) is 12.3. The highest BCUT2D eigenvalue weighted by atomic mass is 32.2. The van der Waals surface area contributed by atoms with Crippen LogP contribution in [0.25, 0.3) is 11.1 Å². The van der Waals surface area contributed by atoms with Gasteiger partial charge in [0, 0.05) is 6.26 Å². The minimum Gasteiger partial charge on any atom is -0.387 e. The molecule has 2 rings (SSSR count). The van der Waals surface area contributed by atoms with Crippen LogP contribution in [0.5, 0.6) is 0 Å². The number of sulfone groups is 1. The van der Waals surface area contributed by atoms with Crippen LogP contribution in [0.3, 0.4) is 0 Å². The van der Waals surface area contributed by atoms with Crippen molar-refractivity contribution in [3.8, 4) is 11.1 Å². The van der Waals surface area contributed by atoms with Crippen LogP contribution in [0.15, 0.2) is 54.6 Å². The van der Waals surface area contributed by atoms with Crippen molar-refractivity contribution in [1.82, 2.24) is 0 Å². The molecule has 0 spiro atoms. The largest absolute Gasteiger partial charge is 0.387 e. The summed E-state index contributed by atoms with van der Waals surface area (Å²) < 4.78 is 22.9. The van der Waals surface area contributed by atoms with E-state index in [-0.39, 0.29) is 0 Å². The molecule has 0 saturated carbocycles. The van der Waals surface area contributed by atoms with Crippen LogP contribution < -0.4 is 0 Å². The van der Waals surface area contributed by atoms with Gasteiger partial charge in [0.1, 0.15) is 0 Å². The van der Waals surface area contributed by atoms with Crippen molar-refractivity contribution in [2.24, 2.45) is 0 Å². The number of hydrogen-bond donors (Lipinski definition) is 1. The molecule has 3 nitrogen and oxygen atoms in total. The van der Waals surface area contributed by atoms with E-state index in [0.717, 1.165) is 17.4 Å². The molecule has 0 radical (unpaired) electrons. The van der Waals surface area contributed by atoms with Gasteiger partial charge >= 0.3 is 0 Å². The fraction of sp³-hybridized carbons (Fsp3) is 0.250. The molecule has 0 bridgehead atoms. The average Bonchev–Trinajstić information content (AvgIpc) is 2.46. The van der Waals surface area contributed by atoms with Gasteiger partial charge in [0.25, 0.3) is 0 Å². The third-order valence-electron chi connectivity index (χ3n) is 3.48. The molecule has 0 fully saturated rings. The Morgan fingerprint density at radius 3 is 1.90 bits per heavy atom. The number of aliphatic hydroxyl groups excluding tert-OH is 1. The summed E-state index contributed by atoms with van der Waals surface area (Å²) in [6.07, 6.45) is 0.133. The summed E-state index contributed by atoms with van der Waals surface area (Å²) in [4.78, 5) is 0. The normalized spacial score (nSPS) is 14.8. The third kappa shape index (κ3) is 3.26. The molecule has 20 heavy (non-hydrogen) atoms. The van der Waals surface area contributed by atoms with Crippen molar-refractivity contribution in [2.45, 2.75) is 18.3 Å². The van der Waals surface area contributed by atoms with Crippen LogP contribution in [-0.2, 0) is 9.84 Å². The second kappa shape index (κ2) is 5.77. The van der Waals surface area contributed by atoms with Crippen LogP contribution in [0.2, 0.25) is 0 Å². The lowest BCUT2D eigenvalue weighted by molar-refractivity contribution is 0.176. The molecule has 1 N–H and O–H groups in total. The maximum absolute atomic E-state index is 11.5. The van der Waals surface area contributed by atoms with Gasteiger partial charge in [-0.2, -0.15) is 0 Å². The van der Waals surface area contributed by atoms with E-state index in [4.69, 9.17) is 0 Å². The first-order valence-electron chi connectivity index (χ1n) is 6.42. The second-order valence-electron chi connectivity index (χ2n) is 4.97. The monoisotopic (exact) mass is 290 g/mol. The molecule has 2 aromatic rings. The fourth-order valence-electron chi connectivity index (χ4n) is 2.01. The lowest BCUT2D eigenvalue weighted by Gasteiger charge is -2.17. The van der Waals surface area contributed by atoms with E-state index in [9.17, 15) is 13.5 Å². The Kier molecular flexibility index (Phi) is 4.26. The molecule has 0 amide bonds. The minimum absolute atomic E-state index is 0.614. The van der Waals surface area contributed by atoms with E-state index in [2.05, 4.69) is 0 Å². The first-order valence-corrected chi connectivity index (χ1v) is 8.37. The van der Waals surface area contributed by atoms with Crippen LogP contribution >= 0.6 is 0 Å². The molecule has 2 aromatic carbocycles. The Balaban J connectivity index is 2.25. The van der Waals surface area contributed by atoms with Crippen molar-refractivity contribution in [3.05, 3.63) is 60.2 Å². The highest BCUT2D eigenvalue weighted by Gasteiger charge is 2.25. The van der Waals surface area contributed by atoms with Crippen molar-refractivity contribution in [3.63, 3.8) is 0 Å². The van der Waals surface area contributed by atoms with E-state index >= 15 is 0 Å². The summed E-state index contributed by atoms with van der Waals surface area (Å²) in [5.41, 5.74) is 2.74. The van der Waals surface area contributed by atoms with Crippen LogP contribution in [0, 0.1) is 0 Å². The number of benzene rings is 2. The Labute approximate surface area is 119 Å². The number of rotatable bonds is 4. The quantitative estimate of drug-likeness (QED) is 0.942. The third-order valence-corrected chi connectivity index (χ3v) is 5.09. The average molecular weight is 290 g/mol. The van der Waals surface area contributed by atoms with Gasteiger partial charge in [-0.3, -0.25) is 0 Å². The Bertz CT molecular complexity index is 661. The zero-order valence-electron chi connectivity index (χ0n) is 11.5. The number of aliphatic hydroxyl groups is 1. The maximum atomic E-state index is 11.5.